The number of carboxylic acids is 1. The van der Waals surface area contributed by atoms with Gasteiger partial charge in [-0.1, -0.05) is 20.8 Å². The number of phenolic OH excluding ortho intramolecular Hbond substituents is 1. The highest BCUT2D eigenvalue weighted by atomic mass is 16.4. The van der Waals surface area contributed by atoms with Gasteiger partial charge < -0.3 is 10.2 Å². The predicted octanol–water partition coefficient (Wildman–Crippen LogP) is 2.91. The minimum absolute atomic E-state index is 0.0537. The molecule has 3 N–H and O–H groups in total. The second-order valence-electron chi connectivity index (χ2n) is 6.99. The Bertz CT molecular complexity index is 669. The molecule has 0 radical (unpaired) electrons. The zero-order valence-corrected chi connectivity index (χ0v) is 15.0. The minimum atomic E-state index is -1.15. The molecule has 25 heavy (non-hydrogen) atoms. The molecule has 1 rings (SSSR count). The van der Waals surface area contributed by atoms with E-state index in [0.717, 1.165) is 10.6 Å². The van der Waals surface area contributed by atoms with Crippen molar-refractivity contribution in [2.75, 3.05) is 11.6 Å². The molecule has 138 valence electrons. The summed E-state index contributed by atoms with van der Waals surface area (Å²) in [5.41, 5.74) is 4.09. The van der Waals surface area contributed by atoms with E-state index in [-0.39, 0.29) is 17.7 Å². The zero-order valence-electron chi connectivity index (χ0n) is 15.0. The highest BCUT2D eigenvalue weighted by Gasteiger charge is 2.26. The van der Waals surface area contributed by atoms with Crippen LogP contribution in [0.1, 0.15) is 43.9 Å². The van der Waals surface area contributed by atoms with E-state index < -0.39 is 18.4 Å². The molecule has 0 fully saturated rings. The first kappa shape index (κ1) is 20.3. The van der Waals surface area contributed by atoms with Crippen LogP contribution in [0, 0.1) is 23.7 Å². The number of nitrogens with one attached hydrogen (secondary N) is 1. The highest BCUT2D eigenvalue weighted by molar-refractivity contribution is 5.68. The van der Waals surface area contributed by atoms with Gasteiger partial charge in [-0.05, 0) is 36.5 Å². The van der Waals surface area contributed by atoms with Gasteiger partial charge in [-0.25, -0.2) is 5.01 Å². The number of phenols is 1. The van der Waals surface area contributed by atoms with Crippen molar-refractivity contribution in [1.29, 1.82) is 0 Å². The van der Waals surface area contributed by atoms with E-state index in [9.17, 15) is 19.7 Å². The van der Waals surface area contributed by atoms with Crippen LogP contribution in [0.3, 0.4) is 0 Å². The molecule has 1 atom stereocenters. The number of carbonyl (C=O) groups is 1. The molecule has 0 saturated heterocycles. The first-order chi connectivity index (χ1) is 11.5. The van der Waals surface area contributed by atoms with Crippen LogP contribution in [-0.2, 0) is 10.2 Å². The molecular formula is C16H24N4O5. The van der Waals surface area contributed by atoms with Gasteiger partial charge in [0.25, 0.3) is 0 Å². The van der Waals surface area contributed by atoms with Gasteiger partial charge >= 0.3 is 5.97 Å². The molecule has 0 spiro atoms. The molecule has 9 heteroatoms. The number of aryl methyl sites for hydroxylation is 1. The van der Waals surface area contributed by atoms with Crippen molar-refractivity contribution in [3.63, 3.8) is 0 Å². The van der Waals surface area contributed by atoms with Crippen molar-refractivity contribution in [1.82, 2.24) is 5.43 Å². The molecular weight excluding hydrogens is 328 g/mol. The Morgan fingerprint density at radius 2 is 1.92 bits per heavy atom. The Kier molecular flexibility index (Phi) is 6.43. The number of hydrogen-bond acceptors (Lipinski definition) is 6. The lowest BCUT2D eigenvalue weighted by atomic mass is 9.83. The monoisotopic (exact) mass is 352 g/mol. The SMILES string of the molecule is Cc1cc(C(C)(C)C)c(O)c(C)c1N(CC(CC(=O)O)NN=O)N=O. The van der Waals surface area contributed by atoms with Crippen LogP contribution >= 0.6 is 0 Å². The standard InChI is InChI=1S/C16H24N4O5/c1-9-6-12(16(3,4)5)15(23)10(2)14(9)20(19-25)8-11(17-18-24)7-13(21)22/h6,11,23H,7-8H2,1-5H3,(H,17,24)(H,21,22). The average Bonchev–Trinajstić information content (AvgIpc) is 2.48. The number of carboxylic acid groups (broad SMARTS) is 1. The van der Waals surface area contributed by atoms with Crippen LogP contribution in [-0.4, -0.2) is 28.8 Å². The number of rotatable bonds is 8. The maximum Gasteiger partial charge on any atom is 0.305 e. The van der Waals surface area contributed by atoms with Gasteiger partial charge in [-0.2, -0.15) is 0 Å². The van der Waals surface area contributed by atoms with Gasteiger partial charge in [-0.15, -0.1) is 9.81 Å². The summed E-state index contributed by atoms with van der Waals surface area (Å²) in [5.74, 6) is -1.09. The summed E-state index contributed by atoms with van der Waals surface area (Å²) < 4.78 is 0. The Hall–Kier alpha value is -2.71. The molecule has 0 bridgehead atoms. The van der Waals surface area contributed by atoms with Crippen molar-refractivity contribution in [2.24, 2.45) is 10.6 Å². The summed E-state index contributed by atoms with van der Waals surface area (Å²) in [6, 6.07) is 0.865. The molecule has 1 aromatic rings. The number of aromatic hydroxyl groups is 1. The van der Waals surface area contributed by atoms with Crippen LogP contribution in [0.5, 0.6) is 5.75 Å². The van der Waals surface area contributed by atoms with Crippen LogP contribution in [0.25, 0.3) is 0 Å². The first-order valence-electron chi connectivity index (χ1n) is 7.77. The molecule has 1 unspecified atom stereocenters. The lowest BCUT2D eigenvalue weighted by Crippen LogP contribution is -2.38. The molecule has 0 aliphatic heterocycles. The third-order valence-electron chi connectivity index (χ3n) is 3.91. The minimum Gasteiger partial charge on any atom is -0.507 e. The lowest BCUT2D eigenvalue weighted by Gasteiger charge is -2.28. The number of anilines is 1. The van der Waals surface area contributed by atoms with E-state index >= 15 is 0 Å². The number of hydrogen-bond donors (Lipinski definition) is 3. The van der Waals surface area contributed by atoms with Crippen LogP contribution in [0.4, 0.5) is 5.69 Å². The molecule has 1 aromatic carbocycles. The molecule has 0 saturated carbocycles. The van der Waals surface area contributed by atoms with Gasteiger partial charge in [0.05, 0.1) is 30.0 Å². The van der Waals surface area contributed by atoms with E-state index in [4.69, 9.17) is 5.11 Å². The van der Waals surface area contributed by atoms with Gasteiger partial charge in [0.2, 0.25) is 0 Å². The van der Waals surface area contributed by atoms with E-state index in [0.29, 0.717) is 16.8 Å². The summed E-state index contributed by atoms with van der Waals surface area (Å²) in [7, 11) is 0. The van der Waals surface area contributed by atoms with E-state index in [1.54, 1.807) is 19.9 Å². The Morgan fingerprint density at radius 3 is 2.36 bits per heavy atom. The number of benzene rings is 1. The predicted molar refractivity (Wildman–Crippen MR) is 94.4 cm³/mol. The highest BCUT2D eigenvalue weighted by Crippen LogP contribution is 2.40. The van der Waals surface area contributed by atoms with Gasteiger partial charge in [0.1, 0.15) is 5.75 Å². The number of aliphatic carboxylic acids is 1. The normalized spacial score (nSPS) is 12.4. The largest absolute Gasteiger partial charge is 0.507 e. The van der Waals surface area contributed by atoms with Crippen molar-refractivity contribution in [3.8, 4) is 5.75 Å². The zero-order chi connectivity index (χ0) is 19.4. The fourth-order valence-electron chi connectivity index (χ4n) is 2.74. The van der Waals surface area contributed by atoms with E-state index in [1.807, 2.05) is 20.8 Å². The number of nitrogens with zero attached hydrogens (tertiary/aromatic N) is 3. The fourth-order valence-corrected chi connectivity index (χ4v) is 2.74. The third kappa shape index (κ3) is 4.88. The van der Waals surface area contributed by atoms with Crippen LogP contribution < -0.4 is 10.4 Å². The van der Waals surface area contributed by atoms with Crippen molar-refractivity contribution < 1.29 is 15.0 Å². The van der Waals surface area contributed by atoms with Crippen molar-refractivity contribution in [3.05, 3.63) is 32.6 Å². The summed E-state index contributed by atoms with van der Waals surface area (Å²) in [6.07, 6.45) is -0.415. The Labute approximate surface area is 145 Å². The Balaban J connectivity index is 3.31. The number of nitroso groups, excluding NO2 is 2. The molecule has 0 aliphatic rings. The van der Waals surface area contributed by atoms with Gasteiger partial charge in [0.15, 0.2) is 0 Å². The second-order valence-corrected chi connectivity index (χ2v) is 6.99. The lowest BCUT2D eigenvalue weighted by molar-refractivity contribution is -0.137. The van der Waals surface area contributed by atoms with E-state index in [1.165, 1.54) is 0 Å². The summed E-state index contributed by atoms with van der Waals surface area (Å²) in [5, 5.41) is 25.9. The first-order valence-corrected chi connectivity index (χ1v) is 7.77. The summed E-state index contributed by atoms with van der Waals surface area (Å²) in [4.78, 5) is 32.6. The summed E-state index contributed by atoms with van der Waals surface area (Å²) in [6.45, 7) is 9.11. The molecule has 0 heterocycles. The molecule has 9 nitrogen and oxygen atoms in total. The van der Waals surface area contributed by atoms with Crippen LogP contribution in [0.2, 0.25) is 0 Å². The maximum atomic E-state index is 11.3. The average molecular weight is 352 g/mol. The quantitative estimate of drug-likeness (QED) is 0.484. The molecule has 0 amide bonds. The smallest absolute Gasteiger partial charge is 0.305 e. The molecule has 0 aromatic heterocycles. The molecule has 0 aliphatic carbocycles. The second kappa shape index (κ2) is 7.91. The van der Waals surface area contributed by atoms with Crippen LogP contribution in [0.15, 0.2) is 16.6 Å². The fraction of sp³-hybridized carbons (Fsp3) is 0.562. The third-order valence-corrected chi connectivity index (χ3v) is 3.91. The maximum absolute atomic E-state index is 11.3. The van der Waals surface area contributed by atoms with Crippen molar-refractivity contribution in [2.45, 2.75) is 52.5 Å². The van der Waals surface area contributed by atoms with E-state index in [2.05, 4.69) is 16.0 Å². The van der Waals surface area contributed by atoms with Gasteiger partial charge in [0, 0.05) is 10.8 Å². The topological polar surface area (TPSA) is 132 Å². The van der Waals surface area contributed by atoms with Gasteiger partial charge in [-0.3, -0.25) is 10.2 Å². The Morgan fingerprint density at radius 1 is 1.32 bits per heavy atom. The summed E-state index contributed by atoms with van der Waals surface area (Å²) >= 11 is 0. The van der Waals surface area contributed by atoms with Crippen molar-refractivity contribution >= 4 is 11.7 Å².